The molecule has 27 heavy (non-hydrogen) atoms. The maximum atomic E-state index is 13.0. The summed E-state index contributed by atoms with van der Waals surface area (Å²) in [5.41, 5.74) is 0.268. The van der Waals surface area contributed by atoms with E-state index in [9.17, 15) is 9.90 Å². The second kappa shape index (κ2) is 8.46. The van der Waals surface area contributed by atoms with Crippen molar-refractivity contribution in [1.29, 1.82) is 0 Å². The standard InChI is InChI=1S/C19H23N4O3P/c1-3-4-9-23-17-13(11-20-19(22-17)21-12(2)24)10-15(18(23)25)26-14-7-5-6-8-16(14)27/h5-8,10-12,24H,3-4,9,27H2,1-2H3,(H,20,21,22). The van der Waals surface area contributed by atoms with Crippen LogP contribution in [0.5, 0.6) is 11.5 Å². The molecule has 0 saturated heterocycles. The van der Waals surface area contributed by atoms with Crippen LogP contribution in [0.15, 0.2) is 41.3 Å². The van der Waals surface area contributed by atoms with Gasteiger partial charge in [0.2, 0.25) is 5.95 Å². The highest BCUT2D eigenvalue weighted by atomic mass is 31.0. The molecule has 2 unspecified atom stereocenters. The van der Waals surface area contributed by atoms with E-state index in [0.717, 1.165) is 18.1 Å². The number of fused-ring (bicyclic) bond motifs is 1. The number of nitrogens with one attached hydrogen (secondary N) is 1. The molecular formula is C19H23N4O3P. The van der Waals surface area contributed by atoms with Crippen molar-refractivity contribution in [1.82, 2.24) is 14.5 Å². The van der Waals surface area contributed by atoms with Crippen LogP contribution in [0.25, 0.3) is 11.0 Å². The summed E-state index contributed by atoms with van der Waals surface area (Å²) in [4.78, 5) is 21.7. The number of hydrogen-bond acceptors (Lipinski definition) is 6. The summed E-state index contributed by atoms with van der Waals surface area (Å²) >= 11 is 0. The van der Waals surface area contributed by atoms with Gasteiger partial charge in [-0.2, -0.15) is 4.98 Å². The minimum absolute atomic E-state index is 0.230. The van der Waals surface area contributed by atoms with Crippen molar-refractivity contribution in [3.63, 3.8) is 0 Å². The fourth-order valence-electron chi connectivity index (χ4n) is 2.68. The number of anilines is 1. The maximum Gasteiger partial charge on any atom is 0.295 e. The molecule has 0 aliphatic rings. The number of unbranched alkanes of at least 4 members (excludes halogenated alkanes) is 1. The average Bonchev–Trinajstić information content (AvgIpc) is 2.63. The Balaban J connectivity index is 2.11. The third-order valence-electron chi connectivity index (χ3n) is 4.01. The normalized spacial score (nSPS) is 12.1. The average molecular weight is 386 g/mol. The van der Waals surface area contributed by atoms with Gasteiger partial charge in [-0.25, -0.2) is 4.98 Å². The number of aliphatic hydroxyl groups is 1. The van der Waals surface area contributed by atoms with Crippen LogP contribution in [-0.4, -0.2) is 25.9 Å². The quantitative estimate of drug-likeness (QED) is 0.479. The molecule has 2 aromatic heterocycles. The van der Waals surface area contributed by atoms with E-state index in [2.05, 4.69) is 31.4 Å². The van der Waals surface area contributed by atoms with Crippen molar-refractivity contribution in [2.75, 3.05) is 5.32 Å². The predicted molar refractivity (Wildman–Crippen MR) is 110 cm³/mol. The molecule has 3 aromatic rings. The summed E-state index contributed by atoms with van der Waals surface area (Å²) in [5.74, 6) is 1.11. The molecule has 2 atom stereocenters. The lowest BCUT2D eigenvalue weighted by atomic mass is 10.2. The Morgan fingerprint density at radius 2 is 2.11 bits per heavy atom. The van der Waals surface area contributed by atoms with Crippen molar-refractivity contribution in [2.24, 2.45) is 0 Å². The van der Waals surface area contributed by atoms with Gasteiger partial charge < -0.3 is 15.2 Å². The van der Waals surface area contributed by atoms with Gasteiger partial charge >= 0.3 is 0 Å². The SMILES string of the molecule is CCCCn1c(=O)c(Oc2ccccc2P)cc2cnc(NC(C)O)nc21. The Bertz CT molecular complexity index is 1000. The zero-order valence-corrected chi connectivity index (χ0v) is 16.5. The van der Waals surface area contributed by atoms with E-state index in [1.54, 1.807) is 23.8 Å². The van der Waals surface area contributed by atoms with Crippen LogP contribution in [0.1, 0.15) is 26.7 Å². The van der Waals surface area contributed by atoms with Gasteiger partial charge in [0, 0.05) is 23.4 Å². The molecular weight excluding hydrogens is 363 g/mol. The molecule has 0 aliphatic heterocycles. The largest absolute Gasteiger partial charge is 0.451 e. The molecule has 0 bridgehead atoms. The summed E-state index contributed by atoms with van der Waals surface area (Å²) in [6.07, 6.45) is 2.60. The molecule has 0 aliphatic carbocycles. The molecule has 142 valence electrons. The van der Waals surface area contributed by atoms with Gasteiger partial charge in [0.25, 0.3) is 5.56 Å². The predicted octanol–water partition coefficient (Wildman–Crippen LogP) is 2.63. The van der Waals surface area contributed by atoms with Crippen LogP contribution < -0.4 is 20.9 Å². The Morgan fingerprint density at radius 1 is 1.33 bits per heavy atom. The monoisotopic (exact) mass is 386 g/mol. The number of aryl methyl sites for hydroxylation is 1. The number of aliphatic hydroxyl groups excluding tert-OH is 1. The molecule has 1 aromatic carbocycles. The highest BCUT2D eigenvalue weighted by molar-refractivity contribution is 7.27. The number of para-hydroxylation sites is 1. The third kappa shape index (κ3) is 4.43. The first kappa shape index (κ1) is 19.3. The molecule has 2 N–H and O–H groups in total. The maximum absolute atomic E-state index is 13.0. The van der Waals surface area contributed by atoms with Gasteiger partial charge in [-0.05, 0) is 25.5 Å². The Kier molecular flexibility index (Phi) is 6.04. The second-order valence-electron chi connectivity index (χ2n) is 6.25. The molecule has 2 heterocycles. The summed E-state index contributed by atoms with van der Waals surface area (Å²) in [7, 11) is 2.60. The fourth-order valence-corrected chi connectivity index (χ4v) is 2.94. The van der Waals surface area contributed by atoms with Crippen LogP contribution in [0.3, 0.4) is 0 Å². The van der Waals surface area contributed by atoms with E-state index in [1.165, 1.54) is 0 Å². The minimum atomic E-state index is -0.792. The zero-order chi connectivity index (χ0) is 19.4. The van der Waals surface area contributed by atoms with Crippen molar-refractivity contribution >= 4 is 31.5 Å². The van der Waals surface area contributed by atoms with Crippen LogP contribution in [0.2, 0.25) is 0 Å². The van der Waals surface area contributed by atoms with E-state index in [1.807, 2.05) is 24.3 Å². The molecule has 3 rings (SSSR count). The van der Waals surface area contributed by atoms with E-state index in [-0.39, 0.29) is 17.3 Å². The Hall–Kier alpha value is -2.50. The van der Waals surface area contributed by atoms with E-state index in [0.29, 0.717) is 23.3 Å². The van der Waals surface area contributed by atoms with Crippen molar-refractivity contribution < 1.29 is 9.84 Å². The van der Waals surface area contributed by atoms with E-state index < -0.39 is 6.23 Å². The molecule has 0 fully saturated rings. The molecule has 0 spiro atoms. The van der Waals surface area contributed by atoms with E-state index >= 15 is 0 Å². The summed E-state index contributed by atoms with van der Waals surface area (Å²) in [6.45, 7) is 4.17. The summed E-state index contributed by atoms with van der Waals surface area (Å²) in [5, 5.41) is 13.8. The van der Waals surface area contributed by atoms with Gasteiger partial charge in [0.15, 0.2) is 5.75 Å². The van der Waals surface area contributed by atoms with Crippen molar-refractivity contribution in [2.45, 2.75) is 39.5 Å². The molecule has 0 radical (unpaired) electrons. The first-order chi connectivity index (χ1) is 13.0. The molecule has 0 saturated carbocycles. The van der Waals surface area contributed by atoms with Gasteiger partial charge in [0.05, 0.1) is 0 Å². The van der Waals surface area contributed by atoms with Crippen LogP contribution in [0.4, 0.5) is 5.95 Å². The molecule has 0 amide bonds. The molecule has 8 heteroatoms. The molecule has 7 nitrogen and oxygen atoms in total. The number of nitrogens with zero attached hydrogens (tertiary/aromatic N) is 3. The first-order valence-corrected chi connectivity index (χ1v) is 9.45. The first-order valence-electron chi connectivity index (χ1n) is 8.87. The van der Waals surface area contributed by atoms with Crippen LogP contribution >= 0.6 is 9.24 Å². The Labute approximate surface area is 159 Å². The van der Waals surface area contributed by atoms with Gasteiger partial charge in [-0.3, -0.25) is 9.36 Å². The summed E-state index contributed by atoms with van der Waals surface area (Å²) < 4.78 is 7.50. The number of rotatable bonds is 7. The van der Waals surface area contributed by atoms with Gasteiger partial charge in [-0.1, -0.05) is 31.5 Å². The van der Waals surface area contributed by atoms with Crippen LogP contribution in [-0.2, 0) is 6.54 Å². The highest BCUT2D eigenvalue weighted by Gasteiger charge is 2.14. The minimum Gasteiger partial charge on any atom is -0.451 e. The lowest BCUT2D eigenvalue weighted by molar-refractivity contribution is 0.223. The second-order valence-corrected chi connectivity index (χ2v) is 6.87. The summed E-state index contributed by atoms with van der Waals surface area (Å²) in [6, 6.07) is 9.13. The third-order valence-corrected chi connectivity index (χ3v) is 4.48. The van der Waals surface area contributed by atoms with E-state index in [4.69, 9.17) is 4.74 Å². The number of pyridine rings is 1. The number of aromatic nitrogens is 3. The smallest absolute Gasteiger partial charge is 0.295 e. The number of benzene rings is 1. The fraction of sp³-hybridized carbons (Fsp3) is 0.316. The Morgan fingerprint density at radius 3 is 2.81 bits per heavy atom. The highest BCUT2D eigenvalue weighted by Crippen LogP contribution is 2.22. The lowest BCUT2D eigenvalue weighted by Gasteiger charge is -2.14. The topological polar surface area (TPSA) is 89.3 Å². The number of hydrogen-bond donors (Lipinski definition) is 2. The zero-order valence-electron chi connectivity index (χ0n) is 15.3. The van der Waals surface area contributed by atoms with Gasteiger partial charge in [0.1, 0.15) is 17.6 Å². The van der Waals surface area contributed by atoms with Gasteiger partial charge in [-0.15, -0.1) is 9.24 Å². The lowest BCUT2D eigenvalue weighted by Crippen LogP contribution is -2.24. The van der Waals surface area contributed by atoms with Crippen molar-refractivity contribution in [3.05, 3.63) is 46.9 Å². The number of ether oxygens (including phenoxy) is 1. The van der Waals surface area contributed by atoms with Crippen LogP contribution in [0, 0.1) is 0 Å². The van der Waals surface area contributed by atoms with Crippen molar-refractivity contribution in [3.8, 4) is 11.5 Å².